The van der Waals surface area contributed by atoms with Crippen LogP contribution >= 0.6 is 0 Å². The summed E-state index contributed by atoms with van der Waals surface area (Å²) in [5, 5.41) is 5.68. The van der Waals surface area contributed by atoms with Crippen molar-refractivity contribution in [2.45, 2.75) is 40.5 Å². The summed E-state index contributed by atoms with van der Waals surface area (Å²) < 4.78 is 5.66. The molecule has 0 aromatic heterocycles. The topological polar surface area (TPSA) is 67.4 Å². The largest absolute Gasteiger partial charge is 0.493 e. The van der Waals surface area contributed by atoms with Crippen molar-refractivity contribution in [3.05, 3.63) is 53.6 Å². The van der Waals surface area contributed by atoms with Gasteiger partial charge in [0.25, 0.3) is 0 Å². The molecule has 0 aliphatic rings. The molecule has 0 aliphatic heterocycles. The molecule has 0 spiro atoms. The lowest BCUT2D eigenvalue weighted by molar-refractivity contribution is -0.117. The van der Waals surface area contributed by atoms with Crippen molar-refractivity contribution in [3.8, 4) is 5.75 Å². The number of benzene rings is 2. The Morgan fingerprint density at radius 2 is 1.41 bits per heavy atom. The predicted octanol–water partition coefficient (Wildman–Crippen LogP) is 4.70. The maximum absolute atomic E-state index is 12.1. The highest BCUT2D eigenvalue weighted by Crippen LogP contribution is 2.17. The molecule has 0 unspecified atom stereocenters. The normalized spacial score (nSPS) is 10.6. The van der Waals surface area contributed by atoms with Gasteiger partial charge >= 0.3 is 0 Å². The molecule has 144 valence electrons. The van der Waals surface area contributed by atoms with Crippen LogP contribution in [0.2, 0.25) is 0 Å². The summed E-state index contributed by atoms with van der Waals surface area (Å²) in [7, 11) is 0. The van der Waals surface area contributed by atoms with Crippen LogP contribution in [0.5, 0.6) is 5.75 Å². The molecule has 0 saturated heterocycles. The number of nitrogens with one attached hydrogen (secondary N) is 2. The van der Waals surface area contributed by atoms with E-state index < -0.39 is 0 Å². The van der Waals surface area contributed by atoms with Gasteiger partial charge in [-0.1, -0.05) is 19.9 Å². The molecule has 2 amide bonds. The van der Waals surface area contributed by atoms with E-state index in [1.165, 1.54) is 0 Å². The van der Waals surface area contributed by atoms with E-state index >= 15 is 0 Å². The first kappa shape index (κ1) is 20.5. The first-order chi connectivity index (χ1) is 12.8. The lowest BCUT2D eigenvalue weighted by Crippen LogP contribution is -2.16. The molecule has 27 heavy (non-hydrogen) atoms. The van der Waals surface area contributed by atoms with Crippen LogP contribution in [-0.2, 0) is 9.59 Å². The van der Waals surface area contributed by atoms with Crippen LogP contribution in [0.15, 0.2) is 42.5 Å². The number of hydrogen-bond donors (Lipinski definition) is 2. The van der Waals surface area contributed by atoms with E-state index in [0.29, 0.717) is 24.6 Å². The molecule has 0 heterocycles. The van der Waals surface area contributed by atoms with Gasteiger partial charge in [-0.2, -0.15) is 0 Å². The molecule has 0 radical (unpaired) electrons. The summed E-state index contributed by atoms with van der Waals surface area (Å²) in [6, 6.07) is 13.1. The molecule has 0 aliphatic carbocycles. The van der Waals surface area contributed by atoms with E-state index in [1.807, 2.05) is 39.8 Å². The van der Waals surface area contributed by atoms with Gasteiger partial charge < -0.3 is 15.4 Å². The van der Waals surface area contributed by atoms with Gasteiger partial charge in [-0.05, 0) is 67.3 Å². The van der Waals surface area contributed by atoms with Crippen LogP contribution in [-0.4, -0.2) is 18.4 Å². The standard InChI is InChI=1S/C22H28N2O3/c1-15(2)11-22(26)24-19-7-5-18(6-8-19)23-21(25)9-10-27-20-13-16(3)12-17(4)14-20/h5-8,12-15H,9-11H2,1-4H3,(H,23,25)(H,24,26). The number of rotatable bonds is 8. The van der Waals surface area contributed by atoms with Crippen LogP contribution in [0, 0.1) is 19.8 Å². The smallest absolute Gasteiger partial charge is 0.227 e. The van der Waals surface area contributed by atoms with E-state index in [1.54, 1.807) is 24.3 Å². The van der Waals surface area contributed by atoms with Gasteiger partial charge in [0.2, 0.25) is 11.8 Å². The summed E-state index contributed by atoms with van der Waals surface area (Å²) in [4.78, 5) is 23.8. The molecule has 2 aromatic carbocycles. The minimum absolute atomic E-state index is 0.00896. The molecule has 2 N–H and O–H groups in total. The summed E-state index contributed by atoms with van der Waals surface area (Å²) in [6.45, 7) is 8.35. The maximum atomic E-state index is 12.1. The van der Waals surface area contributed by atoms with Crippen molar-refractivity contribution in [2.75, 3.05) is 17.2 Å². The number of ether oxygens (including phenoxy) is 1. The van der Waals surface area contributed by atoms with Crippen LogP contribution < -0.4 is 15.4 Å². The molecule has 0 saturated carbocycles. The highest BCUT2D eigenvalue weighted by molar-refractivity contribution is 5.93. The molecule has 5 heteroatoms. The van der Waals surface area contributed by atoms with Gasteiger partial charge in [-0.15, -0.1) is 0 Å². The minimum Gasteiger partial charge on any atom is -0.493 e. The number of hydrogen-bond acceptors (Lipinski definition) is 3. The second-order valence-electron chi connectivity index (χ2n) is 7.19. The fraction of sp³-hybridized carbons (Fsp3) is 0.364. The molecule has 2 aromatic rings. The van der Waals surface area contributed by atoms with Gasteiger partial charge in [-0.25, -0.2) is 0 Å². The Labute approximate surface area is 161 Å². The highest BCUT2D eigenvalue weighted by atomic mass is 16.5. The summed E-state index contributed by atoms with van der Waals surface area (Å²) >= 11 is 0. The molecule has 0 fully saturated rings. The number of carbonyl (C=O) groups excluding carboxylic acids is 2. The van der Waals surface area contributed by atoms with Crippen molar-refractivity contribution in [3.63, 3.8) is 0 Å². The van der Waals surface area contributed by atoms with Crippen molar-refractivity contribution in [1.82, 2.24) is 0 Å². The fourth-order valence-corrected chi connectivity index (χ4v) is 2.72. The van der Waals surface area contributed by atoms with Crippen LogP contribution in [0.25, 0.3) is 0 Å². The lowest BCUT2D eigenvalue weighted by atomic mass is 10.1. The molecule has 0 bridgehead atoms. The van der Waals surface area contributed by atoms with Gasteiger partial charge in [0.15, 0.2) is 0 Å². The zero-order valence-electron chi connectivity index (χ0n) is 16.5. The molecule has 5 nitrogen and oxygen atoms in total. The van der Waals surface area contributed by atoms with Crippen molar-refractivity contribution < 1.29 is 14.3 Å². The molecule has 0 atom stereocenters. The third kappa shape index (κ3) is 7.52. The Hall–Kier alpha value is -2.82. The monoisotopic (exact) mass is 368 g/mol. The van der Waals surface area contributed by atoms with E-state index in [0.717, 1.165) is 22.6 Å². The highest BCUT2D eigenvalue weighted by Gasteiger charge is 2.07. The number of anilines is 2. The second-order valence-corrected chi connectivity index (χ2v) is 7.19. The zero-order valence-corrected chi connectivity index (χ0v) is 16.5. The molecular weight excluding hydrogens is 340 g/mol. The molecular formula is C22H28N2O3. The maximum Gasteiger partial charge on any atom is 0.227 e. The Kier molecular flexibility index (Phi) is 7.41. The number of carbonyl (C=O) groups is 2. The second kappa shape index (κ2) is 9.76. The minimum atomic E-state index is -0.115. The molecule has 2 rings (SSSR count). The third-order valence-electron chi connectivity index (χ3n) is 3.84. The first-order valence-electron chi connectivity index (χ1n) is 9.22. The van der Waals surface area contributed by atoms with Gasteiger partial charge in [-0.3, -0.25) is 9.59 Å². The zero-order chi connectivity index (χ0) is 19.8. The number of amides is 2. The van der Waals surface area contributed by atoms with Crippen molar-refractivity contribution in [2.24, 2.45) is 5.92 Å². The average molecular weight is 368 g/mol. The third-order valence-corrected chi connectivity index (χ3v) is 3.84. The Morgan fingerprint density at radius 3 is 1.93 bits per heavy atom. The van der Waals surface area contributed by atoms with Crippen LogP contribution in [0.1, 0.15) is 37.8 Å². The summed E-state index contributed by atoms with van der Waals surface area (Å²) in [6.07, 6.45) is 0.749. The van der Waals surface area contributed by atoms with E-state index in [9.17, 15) is 9.59 Å². The average Bonchev–Trinajstić information content (AvgIpc) is 2.55. The Morgan fingerprint density at radius 1 is 0.889 bits per heavy atom. The Bertz CT molecular complexity index is 762. The quantitative estimate of drug-likeness (QED) is 0.710. The van der Waals surface area contributed by atoms with Crippen molar-refractivity contribution >= 4 is 23.2 Å². The lowest BCUT2D eigenvalue weighted by Gasteiger charge is -2.10. The van der Waals surface area contributed by atoms with Gasteiger partial charge in [0.05, 0.1) is 13.0 Å². The Balaban J connectivity index is 1.77. The predicted molar refractivity (Wildman–Crippen MR) is 109 cm³/mol. The SMILES string of the molecule is Cc1cc(C)cc(OCCC(=O)Nc2ccc(NC(=O)CC(C)C)cc2)c1. The summed E-state index contributed by atoms with van der Waals surface area (Å²) in [5.41, 5.74) is 3.68. The van der Waals surface area contributed by atoms with Gasteiger partial charge in [0, 0.05) is 17.8 Å². The van der Waals surface area contributed by atoms with E-state index in [-0.39, 0.29) is 18.2 Å². The van der Waals surface area contributed by atoms with Crippen LogP contribution in [0.4, 0.5) is 11.4 Å². The van der Waals surface area contributed by atoms with Gasteiger partial charge in [0.1, 0.15) is 5.75 Å². The van der Waals surface area contributed by atoms with E-state index in [4.69, 9.17) is 4.74 Å². The first-order valence-corrected chi connectivity index (χ1v) is 9.22. The van der Waals surface area contributed by atoms with Crippen LogP contribution in [0.3, 0.4) is 0 Å². The summed E-state index contributed by atoms with van der Waals surface area (Å²) in [5.74, 6) is 0.970. The van der Waals surface area contributed by atoms with E-state index in [2.05, 4.69) is 16.7 Å². The van der Waals surface area contributed by atoms with Crippen molar-refractivity contribution in [1.29, 1.82) is 0 Å². The number of aryl methyl sites for hydroxylation is 2. The fourth-order valence-electron chi connectivity index (χ4n) is 2.72.